The van der Waals surface area contributed by atoms with Crippen molar-refractivity contribution in [2.24, 2.45) is 0 Å². The normalized spacial score (nSPS) is 12.4. The van der Waals surface area contributed by atoms with Crippen LogP contribution in [0, 0.1) is 0 Å². The van der Waals surface area contributed by atoms with E-state index in [4.69, 9.17) is 10.2 Å². The van der Waals surface area contributed by atoms with Crippen LogP contribution < -0.4 is 0 Å². The van der Waals surface area contributed by atoms with E-state index < -0.39 is 11.9 Å². The highest BCUT2D eigenvalue weighted by molar-refractivity contribution is 5.80. The van der Waals surface area contributed by atoms with Gasteiger partial charge in [0.2, 0.25) is 0 Å². The first-order valence-corrected chi connectivity index (χ1v) is 16.3. The summed E-state index contributed by atoms with van der Waals surface area (Å²) >= 11 is 0. The SMILES string of the molecule is CCC=CCC=CCC=CCC=CCCCCC(=O)O.CCCCCCCCCCCC=CC=CC=CC=CC(=O)O. The third-order valence-corrected chi connectivity index (χ3v) is 6.14. The average Bonchev–Trinajstić information content (AvgIpc) is 2.97. The van der Waals surface area contributed by atoms with Crippen molar-refractivity contribution < 1.29 is 19.8 Å². The first-order chi connectivity index (χ1) is 20.5. The van der Waals surface area contributed by atoms with Crippen molar-refractivity contribution in [2.75, 3.05) is 0 Å². The fraction of sp³-hybridized carbons (Fsp3) is 0.526. The second-order valence-electron chi connectivity index (χ2n) is 10.2. The maximum absolute atomic E-state index is 10.3. The van der Waals surface area contributed by atoms with Gasteiger partial charge in [-0.05, 0) is 57.8 Å². The van der Waals surface area contributed by atoms with E-state index >= 15 is 0 Å². The number of unbranched alkanes of at least 4 members (excludes halogenated alkanes) is 11. The maximum Gasteiger partial charge on any atom is 0.328 e. The Balaban J connectivity index is 0. The zero-order valence-corrected chi connectivity index (χ0v) is 26.7. The number of carbonyl (C=O) groups is 2. The molecular weight excluding hydrogens is 520 g/mol. The Kier molecular flexibility index (Phi) is 37.0. The van der Waals surface area contributed by atoms with Crippen molar-refractivity contribution in [1.29, 1.82) is 0 Å². The lowest BCUT2D eigenvalue weighted by Crippen LogP contribution is -1.92. The van der Waals surface area contributed by atoms with Crippen molar-refractivity contribution in [3.63, 3.8) is 0 Å². The van der Waals surface area contributed by atoms with Gasteiger partial charge in [0.1, 0.15) is 0 Å². The zero-order chi connectivity index (χ0) is 31.2. The summed E-state index contributed by atoms with van der Waals surface area (Å²) in [7, 11) is 0. The number of allylic oxidation sites excluding steroid dienone is 15. The van der Waals surface area contributed by atoms with E-state index in [9.17, 15) is 9.59 Å². The highest BCUT2D eigenvalue weighted by atomic mass is 16.4. The van der Waals surface area contributed by atoms with Crippen LogP contribution in [0.5, 0.6) is 0 Å². The minimum Gasteiger partial charge on any atom is -0.481 e. The molecule has 0 rings (SSSR count). The highest BCUT2D eigenvalue weighted by Gasteiger charge is 1.94. The molecular formula is C38H60O4. The Morgan fingerprint density at radius 3 is 1.48 bits per heavy atom. The lowest BCUT2D eigenvalue weighted by molar-refractivity contribution is -0.137. The Bertz CT molecular complexity index is 837. The largest absolute Gasteiger partial charge is 0.481 e. The molecule has 42 heavy (non-hydrogen) atoms. The summed E-state index contributed by atoms with van der Waals surface area (Å²) in [6.45, 7) is 4.40. The number of hydrogen-bond acceptors (Lipinski definition) is 2. The second kappa shape index (κ2) is 37.9. The molecule has 0 aliphatic rings. The van der Waals surface area contributed by atoms with E-state index in [1.807, 2.05) is 18.2 Å². The van der Waals surface area contributed by atoms with E-state index in [0.717, 1.165) is 57.4 Å². The van der Waals surface area contributed by atoms with Gasteiger partial charge in [-0.25, -0.2) is 4.79 Å². The molecule has 0 bridgehead atoms. The van der Waals surface area contributed by atoms with E-state index in [0.29, 0.717) is 0 Å². The molecule has 0 heterocycles. The molecule has 0 aromatic heterocycles. The van der Waals surface area contributed by atoms with Crippen LogP contribution in [-0.2, 0) is 9.59 Å². The van der Waals surface area contributed by atoms with Crippen LogP contribution in [0.3, 0.4) is 0 Å². The fourth-order valence-electron chi connectivity index (χ4n) is 3.78. The Morgan fingerprint density at radius 2 is 0.929 bits per heavy atom. The van der Waals surface area contributed by atoms with Crippen LogP contribution >= 0.6 is 0 Å². The van der Waals surface area contributed by atoms with E-state index in [-0.39, 0.29) is 6.42 Å². The highest BCUT2D eigenvalue weighted by Crippen LogP contribution is 2.10. The molecule has 0 saturated heterocycles. The third kappa shape index (κ3) is 43.9. The molecule has 0 atom stereocenters. The standard InChI is InChI=1S/C20H32O2.C18H28O2/c1-2-3-4-5-6-7-8-9-10-11-12-13-14-15-16-17-18-19-20(21)22;1-2-3-4-5-6-7-8-9-10-11-12-13-14-15-16-17-18(19)20/h12-19H,2-11H2,1H3,(H,21,22);3-4,6-7,9-10,12-13H,2,5,8,11,14-17H2,1H3,(H,19,20). The fourth-order valence-corrected chi connectivity index (χ4v) is 3.78. The van der Waals surface area contributed by atoms with Gasteiger partial charge < -0.3 is 10.2 Å². The third-order valence-electron chi connectivity index (χ3n) is 6.14. The predicted molar refractivity (Wildman–Crippen MR) is 183 cm³/mol. The van der Waals surface area contributed by atoms with Gasteiger partial charge in [0, 0.05) is 12.5 Å². The van der Waals surface area contributed by atoms with Crippen molar-refractivity contribution in [3.8, 4) is 0 Å². The summed E-state index contributed by atoms with van der Waals surface area (Å²) in [6, 6.07) is 0. The van der Waals surface area contributed by atoms with Crippen LogP contribution in [0.25, 0.3) is 0 Å². The van der Waals surface area contributed by atoms with Crippen molar-refractivity contribution in [2.45, 2.75) is 129 Å². The number of carboxylic acid groups (broad SMARTS) is 2. The summed E-state index contributed by atoms with van der Waals surface area (Å²) in [5.74, 6) is -1.62. The summed E-state index contributed by atoms with van der Waals surface area (Å²) in [5, 5.41) is 16.9. The second-order valence-corrected chi connectivity index (χ2v) is 10.2. The Labute approximate surface area is 258 Å². The molecule has 0 aromatic rings. The Hall–Kier alpha value is -3.14. The van der Waals surface area contributed by atoms with Crippen LogP contribution in [-0.4, -0.2) is 22.2 Å². The first-order valence-electron chi connectivity index (χ1n) is 16.3. The van der Waals surface area contributed by atoms with Gasteiger partial charge in [-0.1, -0.05) is 156 Å². The van der Waals surface area contributed by atoms with Crippen molar-refractivity contribution in [1.82, 2.24) is 0 Å². The number of hydrogen-bond donors (Lipinski definition) is 2. The molecule has 236 valence electrons. The number of rotatable bonds is 26. The molecule has 2 N–H and O–H groups in total. The van der Waals surface area contributed by atoms with Crippen LogP contribution in [0.15, 0.2) is 97.2 Å². The van der Waals surface area contributed by atoms with Crippen LogP contribution in [0.4, 0.5) is 0 Å². The van der Waals surface area contributed by atoms with E-state index in [1.54, 1.807) is 6.08 Å². The van der Waals surface area contributed by atoms with E-state index in [1.165, 1.54) is 63.9 Å². The lowest BCUT2D eigenvalue weighted by atomic mass is 10.1. The predicted octanol–water partition coefficient (Wildman–Crippen LogP) is 11.7. The molecule has 0 unspecified atom stereocenters. The van der Waals surface area contributed by atoms with Crippen molar-refractivity contribution in [3.05, 3.63) is 97.2 Å². The van der Waals surface area contributed by atoms with Crippen LogP contribution in [0.1, 0.15) is 129 Å². The molecule has 0 aliphatic heterocycles. The molecule has 0 amide bonds. The smallest absolute Gasteiger partial charge is 0.328 e. The number of carboxylic acids is 2. The molecule has 0 aromatic carbocycles. The van der Waals surface area contributed by atoms with E-state index in [2.05, 4.69) is 74.6 Å². The van der Waals surface area contributed by atoms with Gasteiger partial charge in [0.25, 0.3) is 0 Å². The minimum atomic E-state index is -0.922. The van der Waals surface area contributed by atoms with Crippen molar-refractivity contribution >= 4 is 11.9 Å². The molecule has 0 fully saturated rings. The molecule has 0 saturated carbocycles. The lowest BCUT2D eigenvalue weighted by Gasteiger charge is -2.00. The molecule has 0 radical (unpaired) electrons. The van der Waals surface area contributed by atoms with Crippen LogP contribution in [0.2, 0.25) is 0 Å². The average molecular weight is 581 g/mol. The molecule has 0 spiro atoms. The first kappa shape index (κ1) is 41.0. The van der Waals surface area contributed by atoms with Gasteiger partial charge >= 0.3 is 11.9 Å². The quantitative estimate of drug-likeness (QED) is 0.0462. The molecule has 4 nitrogen and oxygen atoms in total. The monoisotopic (exact) mass is 580 g/mol. The van der Waals surface area contributed by atoms with Gasteiger partial charge in [0.05, 0.1) is 0 Å². The summed E-state index contributed by atoms with van der Waals surface area (Å²) in [4.78, 5) is 20.5. The Morgan fingerprint density at radius 1 is 0.476 bits per heavy atom. The van der Waals surface area contributed by atoms with Gasteiger partial charge in [-0.2, -0.15) is 0 Å². The summed E-state index contributed by atoms with van der Waals surface area (Å²) in [6.07, 6.45) is 52.2. The summed E-state index contributed by atoms with van der Waals surface area (Å²) < 4.78 is 0. The van der Waals surface area contributed by atoms with Gasteiger partial charge in [0.15, 0.2) is 0 Å². The van der Waals surface area contributed by atoms with Gasteiger partial charge in [-0.15, -0.1) is 0 Å². The molecule has 4 heteroatoms. The summed E-state index contributed by atoms with van der Waals surface area (Å²) in [5.41, 5.74) is 0. The topological polar surface area (TPSA) is 74.6 Å². The maximum atomic E-state index is 10.3. The van der Waals surface area contributed by atoms with Gasteiger partial charge in [-0.3, -0.25) is 4.79 Å². The molecule has 0 aliphatic carbocycles. The number of aliphatic carboxylic acids is 2. The minimum absolute atomic E-state index is 0.285. The zero-order valence-electron chi connectivity index (χ0n) is 26.7.